The highest BCUT2D eigenvalue weighted by Crippen LogP contribution is 2.11. The van der Waals surface area contributed by atoms with Crippen LogP contribution in [-0.2, 0) is 24.9 Å². The Morgan fingerprint density at radius 3 is 2.73 bits per heavy atom. The molecule has 0 saturated heterocycles. The number of hydrogen-bond acceptors (Lipinski definition) is 4. The monoisotopic (exact) mass is 352 g/mol. The average Bonchev–Trinajstić information content (AvgIpc) is 3.14. The normalized spacial score (nSPS) is 11.1. The SMILES string of the molecule is Cc1nn(C)cc1NC(=O)CN(C)Cc1nccn1Cc1ccccc1. The number of hydrogen-bond donors (Lipinski definition) is 1. The summed E-state index contributed by atoms with van der Waals surface area (Å²) in [4.78, 5) is 18.7. The van der Waals surface area contributed by atoms with Gasteiger partial charge in [0, 0.05) is 32.2 Å². The number of aryl methyl sites for hydroxylation is 2. The van der Waals surface area contributed by atoms with E-state index in [-0.39, 0.29) is 12.5 Å². The third-order valence-electron chi connectivity index (χ3n) is 4.11. The van der Waals surface area contributed by atoms with Gasteiger partial charge in [-0.1, -0.05) is 30.3 Å². The van der Waals surface area contributed by atoms with Crippen LogP contribution in [0.1, 0.15) is 17.1 Å². The molecule has 0 aliphatic carbocycles. The van der Waals surface area contributed by atoms with Crippen LogP contribution in [0.2, 0.25) is 0 Å². The van der Waals surface area contributed by atoms with Crippen LogP contribution in [0, 0.1) is 6.92 Å². The van der Waals surface area contributed by atoms with Crippen molar-refractivity contribution in [1.82, 2.24) is 24.2 Å². The van der Waals surface area contributed by atoms with Gasteiger partial charge in [0.2, 0.25) is 5.91 Å². The molecular formula is C19H24N6O. The zero-order valence-corrected chi connectivity index (χ0v) is 15.4. The van der Waals surface area contributed by atoms with Crippen LogP contribution < -0.4 is 5.32 Å². The first-order chi connectivity index (χ1) is 12.5. The minimum atomic E-state index is -0.0650. The third-order valence-corrected chi connectivity index (χ3v) is 4.11. The number of imidazole rings is 1. The van der Waals surface area contributed by atoms with Gasteiger partial charge in [0.1, 0.15) is 5.82 Å². The molecule has 0 aliphatic rings. The van der Waals surface area contributed by atoms with Gasteiger partial charge in [-0.15, -0.1) is 0 Å². The topological polar surface area (TPSA) is 68.0 Å². The molecule has 1 aromatic carbocycles. The van der Waals surface area contributed by atoms with E-state index in [0.717, 1.165) is 23.8 Å². The minimum Gasteiger partial charge on any atom is -0.329 e. The van der Waals surface area contributed by atoms with E-state index in [0.29, 0.717) is 6.54 Å². The number of anilines is 1. The number of amides is 1. The molecular weight excluding hydrogens is 328 g/mol. The number of carbonyl (C=O) groups excluding carboxylic acids is 1. The zero-order valence-electron chi connectivity index (χ0n) is 15.4. The van der Waals surface area contributed by atoms with Crippen molar-refractivity contribution in [2.24, 2.45) is 7.05 Å². The Morgan fingerprint density at radius 1 is 1.27 bits per heavy atom. The van der Waals surface area contributed by atoms with Gasteiger partial charge < -0.3 is 9.88 Å². The molecule has 7 nitrogen and oxygen atoms in total. The highest BCUT2D eigenvalue weighted by molar-refractivity contribution is 5.92. The maximum absolute atomic E-state index is 12.3. The summed E-state index contributed by atoms with van der Waals surface area (Å²) in [6.45, 7) is 3.52. The second-order valence-electron chi connectivity index (χ2n) is 6.48. The Hall–Kier alpha value is -2.93. The van der Waals surface area contributed by atoms with Crippen molar-refractivity contribution < 1.29 is 4.79 Å². The lowest BCUT2D eigenvalue weighted by molar-refractivity contribution is -0.117. The molecule has 0 bridgehead atoms. The van der Waals surface area contributed by atoms with Gasteiger partial charge in [-0.25, -0.2) is 4.98 Å². The molecule has 1 amide bonds. The van der Waals surface area contributed by atoms with E-state index in [4.69, 9.17) is 0 Å². The summed E-state index contributed by atoms with van der Waals surface area (Å²) < 4.78 is 3.80. The molecule has 7 heteroatoms. The lowest BCUT2D eigenvalue weighted by Gasteiger charge is -2.17. The summed E-state index contributed by atoms with van der Waals surface area (Å²) in [5, 5.41) is 7.14. The van der Waals surface area contributed by atoms with Crippen LogP contribution in [0.25, 0.3) is 0 Å². The fourth-order valence-corrected chi connectivity index (χ4v) is 2.87. The van der Waals surface area contributed by atoms with E-state index >= 15 is 0 Å². The van der Waals surface area contributed by atoms with E-state index in [1.165, 1.54) is 5.56 Å². The quantitative estimate of drug-likeness (QED) is 0.707. The van der Waals surface area contributed by atoms with Crippen molar-refractivity contribution in [2.75, 3.05) is 18.9 Å². The van der Waals surface area contributed by atoms with Crippen molar-refractivity contribution in [2.45, 2.75) is 20.0 Å². The molecule has 0 saturated carbocycles. The number of nitrogens with zero attached hydrogens (tertiary/aromatic N) is 5. The van der Waals surface area contributed by atoms with Gasteiger partial charge in [-0.05, 0) is 19.5 Å². The lowest BCUT2D eigenvalue weighted by Crippen LogP contribution is -2.30. The molecule has 2 aromatic heterocycles. The molecule has 0 unspecified atom stereocenters. The summed E-state index contributed by atoms with van der Waals surface area (Å²) in [5.74, 6) is 0.867. The predicted molar refractivity (Wildman–Crippen MR) is 101 cm³/mol. The van der Waals surface area contributed by atoms with Crippen LogP contribution in [-0.4, -0.2) is 43.7 Å². The summed E-state index contributed by atoms with van der Waals surface area (Å²) in [5.41, 5.74) is 2.78. The van der Waals surface area contributed by atoms with Gasteiger partial charge in [-0.2, -0.15) is 5.10 Å². The second kappa shape index (κ2) is 7.97. The number of rotatable bonds is 7. The van der Waals surface area contributed by atoms with E-state index in [9.17, 15) is 4.79 Å². The van der Waals surface area contributed by atoms with E-state index in [1.54, 1.807) is 17.1 Å². The number of benzene rings is 1. The maximum Gasteiger partial charge on any atom is 0.238 e. The number of aromatic nitrogens is 4. The highest BCUT2D eigenvalue weighted by atomic mass is 16.2. The molecule has 3 rings (SSSR count). The first-order valence-electron chi connectivity index (χ1n) is 8.54. The van der Waals surface area contributed by atoms with Crippen molar-refractivity contribution >= 4 is 11.6 Å². The van der Waals surface area contributed by atoms with Gasteiger partial charge in [0.05, 0.1) is 24.5 Å². The molecule has 0 atom stereocenters. The highest BCUT2D eigenvalue weighted by Gasteiger charge is 2.13. The smallest absolute Gasteiger partial charge is 0.238 e. The van der Waals surface area contributed by atoms with Crippen LogP contribution in [0.4, 0.5) is 5.69 Å². The summed E-state index contributed by atoms with van der Waals surface area (Å²) >= 11 is 0. The van der Waals surface area contributed by atoms with Crippen molar-refractivity contribution in [3.8, 4) is 0 Å². The summed E-state index contributed by atoms with van der Waals surface area (Å²) in [7, 11) is 3.75. The first-order valence-corrected chi connectivity index (χ1v) is 8.54. The Balaban J connectivity index is 1.57. The van der Waals surface area contributed by atoms with Gasteiger partial charge in [0.25, 0.3) is 0 Å². The summed E-state index contributed by atoms with van der Waals surface area (Å²) in [6.07, 6.45) is 5.57. The van der Waals surface area contributed by atoms with Crippen LogP contribution >= 0.6 is 0 Å². The van der Waals surface area contributed by atoms with Crippen LogP contribution in [0.5, 0.6) is 0 Å². The largest absolute Gasteiger partial charge is 0.329 e. The maximum atomic E-state index is 12.3. The van der Waals surface area contributed by atoms with Crippen molar-refractivity contribution in [3.05, 3.63) is 66.0 Å². The van der Waals surface area contributed by atoms with Crippen LogP contribution in [0.3, 0.4) is 0 Å². The minimum absolute atomic E-state index is 0.0650. The fourth-order valence-electron chi connectivity index (χ4n) is 2.87. The molecule has 136 valence electrons. The number of carbonyl (C=O) groups is 1. The molecule has 26 heavy (non-hydrogen) atoms. The van der Waals surface area contributed by atoms with Crippen molar-refractivity contribution in [1.29, 1.82) is 0 Å². The fraction of sp³-hybridized carbons (Fsp3) is 0.316. The molecule has 3 aromatic rings. The Kier molecular flexibility index (Phi) is 5.48. The zero-order chi connectivity index (χ0) is 18.5. The van der Waals surface area contributed by atoms with E-state index in [2.05, 4.69) is 32.1 Å². The number of nitrogens with one attached hydrogen (secondary N) is 1. The molecule has 1 N–H and O–H groups in total. The summed E-state index contributed by atoms with van der Waals surface area (Å²) in [6, 6.07) is 10.3. The lowest BCUT2D eigenvalue weighted by atomic mass is 10.2. The second-order valence-corrected chi connectivity index (χ2v) is 6.48. The van der Waals surface area contributed by atoms with Gasteiger partial charge >= 0.3 is 0 Å². The molecule has 0 fully saturated rings. The average molecular weight is 352 g/mol. The predicted octanol–water partition coefficient (Wildman–Crippen LogP) is 2.04. The third kappa shape index (κ3) is 4.58. The van der Waals surface area contributed by atoms with Crippen LogP contribution in [0.15, 0.2) is 48.9 Å². The standard InChI is InChI=1S/C19H24N6O/c1-15-17(12-24(3)22-15)21-19(26)14-23(2)13-18-20-9-10-25(18)11-16-7-5-4-6-8-16/h4-10,12H,11,13-14H2,1-3H3,(H,21,26). The van der Waals surface area contributed by atoms with E-state index in [1.807, 2.05) is 50.3 Å². The Bertz CT molecular complexity index is 867. The first kappa shape index (κ1) is 17.9. The molecule has 0 spiro atoms. The van der Waals surface area contributed by atoms with E-state index < -0.39 is 0 Å². The van der Waals surface area contributed by atoms with Gasteiger partial charge in [-0.3, -0.25) is 14.4 Å². The Morgan fingerprint density at radius 2 is 2.04 bits per heavy atom. The molecule has 0 aliphatic heterocycles. The molecule has 2 heterocycles. The number of likely N-dealkylation sites (N-methyl/N-ethyl adjacent to an activating group) is 1. The van der Waals surface area contributed by atoms with Gasteiger partial charge in [0.15, 0.2) is 0 Å². The Labute approximate surface area is 153 Å². The van der Waals surface area contributed by atoms with Crippen molar-refractivity contribution in [3.63, 3.8) is 0 Å². The molecule has 0 radical (unpaired) electrons.